The van der Waals surface area contributed by atoms with Crippen LogP contribution in [0.5, 0.6) is 0 Å². The number of aromatic amines is 1. The number of aromatic nitrogens is 1. The second kappa shape index (κ2) is 17.9. The second-order valence-electron chi connectivity index (χ2n) is 12.6. The Morgan fingerprint density at radius 3 is 2.46 bits per heavy atom. The zero-order chi connectivity index (χ0) is 35.5. The van der Waals surface area contributed by atoms with E-state index in [0.29, 0.717) is 57.6 Å². The number of H-pyrrole nitrogens is 1. The van der Waals surface area contributed by atoms with Gasteiger partial charge >= 0.3 is 0 Å². The van der Waals surface area contributed by atoms with Crippen molar-refractivity contribution in [1.82, 2.24) is 25.8 Å². The number of carbonyl (C=O) groups is 3. The molecule has 11 heteroatoms. The standard InChI is InChI=1S/C39H49N7O3S/c1-3-26-17-18-36-29(21-26)25-44-38(48)34(22-28-24-42-31-13-6-5-12-30(28)31)46(2)39(49)33(14-8-9-19-40)45-37(47)32(15-10-20-41)43-23-27-11-4-7-16-35(27)50-36/h4-7,11-13,15-18,21,24,33-34,42-43H,3,8-10,14,19-20,22-23,25,40-41H2,1-2H3,(H,44,48)(H,45,47)/b32-15-/t33-,34-/m0/s1. The average molecular weight is 696 g/mol. The molecule has 0 saturated carbocycles. The summed E-state index contributed by atoms with van der Waals surface area (Å²) in [5.74, 6) is -1.01. The van der Waals surface area contributed by atoms with Gasteiger partial charge in [0.25, 0.3) is 5.91 Å². The Labute approximate surface area is 298 Å². The van der Waals surface area contributed by atoms with Gasteiger partial charge in [-0.05, 0) is 85.6 Å². The molecule has 1 aliphatic heterocycles. The van der Waals surface area contributed by atoms with Crippen molar-refractivity contribution in [3.05, 3.63) is 107 Å². The molecule has 0 saturated heterocycles. The number of carbonyl (C=O) groups excluding carboxylic acids is 3. The summed E-state index contributed by atoms with van der Waals surface area (Å²) in [7, 11) is 1.65. The Morgan fingerprint density at radius 1 is 0.900 bits per heavy atom. The summed E-state index contributed by atoms with van der Waals surface area (Å²) in [6.45, 7) is 3.64. The molecule has 50 heavy (non-hydrogen) atoms. The van der Waals surface area contributed by atoms with E-state index < -0.39 is 18.0 Å². The number of hydrogen-bond donors (Lipinski definition) is 6. The topological polar surface area (TPSA) is 158 Å². The van der Waals surface area contributed by atoms with Gasteiger partial charge in [0.05, 0.1) is 5.70 Å². The molecule has 0 radical (unpaired) electrons. The molecule has 1 aliphatic rings. The van der Waals surface area contributed by atoms with E-state index in [1.807, 2.05) is 48.7 Å². The number of nitrogens with zero attached hydrogens (tertiary/aromatic N) is 1. The summed E-state index contributed by atoms with van der Waals surface area (Å²) in [6, 6.07) is 20.6. The molecule has 0 bridgehead atoms. The first-order valence-electron chi connectivity index (χ1n) is 17.4. The van der Waals surface area contributed by atoms with E-state index in [9.17, 15) is 14.4 Å². The number of rotatable bonds is 9. The van der Waals surface area contributed by atoms with Crippen molar-refractivity contribution >= 4 is 40.4 Å². The zero-order valence-corrected chi connectivity index (χ0v) is 29.8. The van der Waals surface area contributed by atoms with Crippen LogP contribution in [0, 0.1) is 0 Å². The van der Waals surface area contributed by atoms with Crippen molar-refractivity contribution < 1.29 is 14.4 Å². The number of aryl methyl sites for hydroxylation is 1. The molecular weight excluding hydrogens is 647 g/mol. The minimum Gasteiger partial charge on any atom is -0.377 e. The van der Waals surface area contributed by atoms with Gasteiger partial charge < -0.3 is 37.3 Å². The number of hydrogen-bond acceptors (Lipinski definition) is 7. The summed E-state index contributed by atoms with van der Waals surface area (Å²) >= 11 is 1.63. The van der Waals surface area contributed by atoms with Gasteiger partial charge in [0.1, 0.15) is 12.1 Å². The molecule has 3 aromatic carbocycles. The predicted octanol–water partition coefficient (Wildman–Crippen LogP) is 4.52. The third-order valence-corrected chi connectivity index (χ3v) is 10.4. The molecular formula is C39H49N7O3S. The third kappa shape index (κ3) is 9.15. The number of benzene rings is 3. The summed E-state index contributed by atoms with van der Waals surface area (Å²) in [6.07, 6.45) is 7.02. The maximum Gasteiger partial charge on any atom is 0.267 e. The number of likely N-dealkylation sites (N-methyl/N-ethyl adjacent to an activating group) is 1. The van der Waals surface area contributed by atoms with Crippen LogP contribution in [0.4, 0.5) is 0 Å². The van der Waals surface area contributed by atoms with Crippen LogP contribution in [0.15, 0.2) is 94.5 Å². The van der Waals surface area contributed by atoms with Crippen LogP contribution in [0.3, 0.4) is 0 Å². The van der Waals surface area contributed by atoms with E-state index in [2.05, 4.69) is 52.1 Å². The fourth-order valence-electron chi connectivity index (χ4n) is 6.22. The Balaban J connectivity index is 1.57. The van der Waals surface area contributed by atoms with Crippen LogP contribution in [-0.2, 0) is 40.3 Å². The maximum absolute atomic E-state index is 14.4. The molecule has 1 aromatic heterocycles. The molecule has 0 fully saturated rings. The number of amides is 3. The van der Waals surface area contributed by atoms with E-state index in [1.54, 1.807) is 24.9 Å². The summed E-state index contributed by atoms with van der Waals surface area (Å²) in [5.41, 5.74) is 17.0. The zero-order valence-electron chi connectivity index (χ0n) is 29.0. The van der Waals surface area contributed by atoms with Crippen LogP contribution in [-0.4, -0.2) is 59.8 Å². The van der Waals surface area contributed by atoms with Crippen molar-refractivity contribution in [2.45, 2.75) is 80.4 Å². The normalized spacial score (nSPS) is 18.6. The lowest BCUT2D eigenvalue weighted by atomic mass is 10.0. The molecule has 264 valence electrons. The van der Waals surface area contributed by atoms with E-state index in [4.69, 9.17) is 11.5 Å². The molecule has 2 atom stereocenters. The lowest BCUT2D eigenvalue weighted by Gasteiger charge is -2.31. The first-order chi connectivity index (χ1) is 24.3. The highest BCUT2D eigenvalue weighted by atomic mass is 32.2. The van der Waals surface area contributed by atoms with Crippen LogP contribution in [0.2, 0.25) is 0 Å². The van der Waals surface area contributed by atoms with E-state index in [0.717, 1.165) is 43.8 Å². The SMILES string of the molecule is CCc1ccc2c(c1)CNC(=O)[C@H](Cc1c[nH]c3ccccc13)N(C)C(=O)[C@H](CCCCN)NC(=O)/C(=C/CCN)NCc1ccccc1S2. The van der Waals surface area contributed by atoms with Crippen LogP contribution in [0.1, 0.15) is 54.9 Å². The lowest BCUT2D eigenvalue weighted by Crippen LogP contribution is -2.55. The van der Waals surface area contributed by atoms with Crippen LogP contribution >= 0.6 is 11.8 Å². The van der Waals surface area contributed by atoms with Crippen molar-refractivity contribution in [2.24, 2.45) is 11.5 Å². The van der Waals surface area contributed by atoms with Crippen molar-refractivity contribution in [3.8, 4) is 0 Å². The van der Waals surface area contributed by atoms with Gasteiger partial charge in [-0.3, -0.25) is 14.4 Å². The summed E-state index contributed by atoms with van der Waals surface area (Å²) < 4.78 is 0. The van der Waals surface area contributed by atoms with Crippen LogP contribution < -0.4 is 27.4 Å². The molecule has 2 heterocycles. The number of fused-ring (bicyclic) bond motifs is 3. The molecule has 5 rings (SSSR count). The molecule has 8 N–H and O–H groups in total. The first kappa shape index (κ1) is 36.7. The third-order valence-electron chi connectivity index (χ3n) is 9.16. The number of nitrogens with one attached hydrogen (secondary N) is 4. The molecule has 10 nitrogen and oxygen atoms in total. The number of nitrogens with two attached hydrogens (primary N) is 2. The quantitative estimate of drug-likeness (QED) is 0.111. The minimum absolute atomic E-state index is 0.272. The van der Waals surface area contributed by atoms with Gasteiger partial charge in [-0.15, -0.1) is 0 Å². The highest BCUT2D eigenvalue weighted by molar-refractivity contribution is 7.99. The Morgan fingerprint density at radius 2 is 1.66 bits per heavy atom. The van der Waals surface area contributed by atoms with Gasteiger partial charge in [-0.25, -0.2) is 0 Å². The summed E-state index contributed by atoms with van der Waals surface area (Å²) in [4.78, 5) is 49.4. The van der Waals surface area contributed by atoms with Gasteiger partial charge in [-0.2, -0.15) is 0 Å². The first-order valence-corrected chi connectivity index (χ1v) is 18.3. The van der Waals surface area contributed by atoms with E-state index >= 15 is 0 Å². The highest BCUT2D eigenvalue weighted by Crippen LogP contribution is 2.34. The van der Waals surface area contributed by atoms with Crippen molar-refractivity contribution in [3.63, 3.8) is 0 Å². The lowest BCUT2D eigenvalue weighted by molar-refractivity contribution is -0.141. The van der Waals surface area contributed by atoms with Gasteiger partial charge in [0, 0.05) is 53.4 Å². The second-order valence-corrected chi connectivity index (χ2v) is 13.7. The van der Waals surface area contributed by atoms with Gasteiger partial charge in [-0.1, -0.05) is 73.3 Å². The van der Waals surface area contributed by atoms with E-state index in [-0.39, 0.29) is 18.2 Å². The maximum atomic E-state index is 14.4. The Kier molecular flexibility index (Phi) is 13.1. The number of unbranched alkanes of at least 4 members (excludes halogenated alkanes) is 1. The minimum atomic E-state index is -0.869. The highest BCUT2D eigenvalue weighted by Gasteiger charge is 2.33. The largest absolute Gasteiger partial charge is 0.377 e. The molecule has 0 spiro atoms. The Bertz CT molecular complexity index is 1820. The van der Waals surface area contributed by atoms with Crippen molar-refractivity contribution in [1.29, 1.82) is 0 Å². The van der Waals surface area contributed by atoms with Crippen LogP contribution in [0.25, 0.3) is 10.9 Å². The molecule has 4 aromatic rings. The number of para-hydroxylation sites is 1. The van der Waals surface area contributed by atoms with E-state index in [1.165, 1.54) is 10.5 Å². The smallest absolute Gasteiger partial charge is 0.267 e. The predicted molar refractivity (Wildman–Crippen MR) is 200 cm³/mol. The molecule has 0 unspecified atom stereocenters. The van der Waals surface area contributed by atoms with Gasteiger partial charge in [0.15, 0.2) is 0 Å². The summed E-state index contributed by atoms with van der Waals surface area (Å²) in [5, 5.41) is 10.5. The molecule has 3 amide bonds. The Hall–Kier alpha value is -4.58. The fraction of sp³-hybridized carbons (Fsp3) is 0.359. The fourth-order valence-corrected chi connectivity index (χ4v) is 7.27. The monoisotopic (exact) mass is 695 g/mol. The van der Waals surface area contributed by atoms with Gasteiger partial charge in [0.2, 0.25) is 11.8 Å². The van der Waals surface area contributed by atoms with Crippen molar-refractivity contribution in [2.75, 3.05) is 20.1 Å². The molecule has 0 aliphatic carbocycles. The average Bonchev–Trinajstić information content (AvgIpc) is 3.55.